The highest BCUT2D eigenvalue weighted by atomic mass is 32.2. The smallest absolute Gasteiger partial charge is 0.341 e. The lowest BCUT2D eigenvalue weighted by molar-refractivity contribution is 0.0695. The molecule has 0 amide bonds. The van der Waals surface area contributed by atoms with Gasteiger partial charge >= 0.3 is 5.97 Å². The van der Waals surface area contributed by atoms with Crippen LogP contribution in [0.1, 0.15) is 23.7 Å². The Hall–Kier alpha value is -3.40. The minimum atomic E-state index is -3.36. The molecule has 0 fully saturated rings. The van der Waals surface area contributed by atoms with E-state index in [2.05, 4.69) is 19.7 Å². The molecular weight excluding hydrogens is 384 g/mol. The van der Waals surface area contributed by atoms with Crippen LogP contribution in [0.4, 0.5) is 5.69 Å². The lowest BCUT2D eigenvalue weighted by atomic mass is 10.1. The summed E-state index contributed by atoms with van der Waals surface area (Å²) in [6.45, 7) is 1.78. The Morgan fingerprint density at radius 2 is 1.89 bits per heavy atom. The van der Waals surface area contributed by atoms with Gasteiger partial charge in [-0.25, -0.2) is 18.2 Å². The van der Waals surface area contributed by atoms with Crippen molar-refractivity contribution in [3.63, 3.8) is 0 Å². The average molecular weight is 404 g/mol. The number of nitrogens with zero attached hydrogens (tertiary/aromatic N) is 1. The van der Waals surface area contributed by atoms with Gasteiger partial charge in [0.25, 0.3) is 5.56 Å². The first kappa shape index (κ1) is 20.9. The minimum absolute atomic E-state index is 0.0404. The molecule has 2 heterocycles. The Morgan fingerprint density at radius 1 is 1.18 bits per heavy atom. The van der Waals surface area contributed by atoms with Crippen LogP contribution in [0.25, 0.3) is 11.3 Å². The first-order valence-electron chi connectivity index (χ1n) is 8.32. The van der Waals surface area contributed by atoms with Crippen molar-refractivity contribution >= 4 is 21.7 Å². The molecule has 3 aromatic rings. The van der Waals surface area contributed by atoms with Gasteiger partial charge in [0.2, 0.25) is 10.0 Å². The number of carboxylic acids is 1. The standard InChI is InChI=1S/C15H16N2O5S.C3H4N2/c1-2-9-23(21,22)17-11-5-3-10(4-6-11)13-8-7-12(15(19)20)14(18)16-13;1-2-5-3-4-1/h3-8,17H,2,9H2,1H3,(H,16,18)(H,19,20);1-3H,(H,4,5). The summed E-state index contributed by atoms with van der Waals surface area (Å²) in [5, 5.41) is 8.83. The topological polar surface area (TPSA) is 145 Å². The van der Waals surface area contributed by atoms with Crippen LogP contribution >= 0.6 is 0 Å². The number of carboxylic acid groups (broad SMARTS) is 1. The molecule has 10 heteroatoms. The monoisotopic (exact) mass is 404 g/mol. The zero-order valence-electron chi connectivity index (χ0n) is 15.0. The van der Waals surface area contributed by atoms with E-state index in [1.165, 1.54) is 12.1 Å². The lowest BCUT2D eigenvalue weighted by Gasteiger charge is -2.08. The number of hydrogen-bond donors (Lipinski definition) is 4. The van der Waals surface area contributed by atoms with Crippen molar-refractivity contribution in [2.24, 2.45) is 0 Å². The molecule has 0 atom stereocenters. The fourth-order valence-electron chi connectivity index (χ4n) is 2.24. The largest absolute Gasteiger partial charge is 0.477 e. The second-order valence-corrected chi connectivity index (χ2v) is 7.52. The molecule has 0 bridgehead atoms. The van der Waals surface area contributed by atoms with Crippen LogP contribution in [-0.4, -0.2) is 40.2 Å². The van der Waals surface area contributed by atoms with Crippen LogP contribution in [0.2, 0.25) is 0 Å². The zero-order chi connectivity index (χ0) is 20.6. The van der Waals surface area contributed by atoms with Crippen LogP contribution in [0, 0.1) is 0 Å². The second-order valence-electron chi connectivity index (χ2n) is 5.68. The first-order valence-corrected chi connectivity index (χ1v) is 9.98. The van der Waals surface area contributed by atoms with Crippen molar-refractivity contribution in [3.8, 4) is 11.3 Å². The Morgan fingerprint density at radius 3 is 2.36 bits per heavy atom. The van der Waals surface area contributed by atoms with Gasteiger partial charge in [-0.1, -0.05) is 19.1 Å². The minimum Gasteiger partial charge on any atom is -0.477 e. The summed E-state index contributed by atoms with van der Waals surface area (Å²) in [7, 11) is -3.36. The molecule has 1 aromatic carbocycles. The van der Waals surface area contributed by atoms with Gasteiger partial charge in [-0.15, -0.1) is 0 Å². The number of pyridine rings is 1. The molecule has 0 saturated heterocycles. The van der Waals surface area contributed by atoms with Crippen molar-refractivity contribution in [3.05, 3.63) is 71.0 Å². The van der Waals surface area contributed by atoms with E-state index in [-0.39, 0.29) is 11.3 Å². The highest BCUT2D eigenvalue weighted by molar-refractivity contribution is 7.92. The van der Waals surface area contributed by atoms with E-state index in [4.69, 9.17) is 5.11 Å². The van der Waals surface area contributed by atoms with E-state index in [0.29, 0.717) is 23.4 Å². The number of H-pyrrole nitrogens is 2. The highest BCUT2D eigenvalue weighted by Crippen LogP contribution is 2.19. The summed E-state index contributed by atoms with van der Waals surface area (Å²) in [5.41, 5.74) is 0.479. The summed E-state index contributed by atoms with van der Waals surface area (Å²) in [6, 6.07) is 9.14. The third-order valence-corrected chi connectivity index (χ3v) is 4.98. The second kappa shape index (κ2) is 9.51. The third-order valence-electron chi connectivity index (χ3n) is 3.49. The number of aromatic carboxylic acids is 1. The molecule has 0 unspecified atom stereocenters. The molecule has 0 radical (unpaired) electrons. The molecule has 0 aliphatic heterocycles. The summed E-state index contributed by atoms with van der Waals surface area (Å²) >= 11 is 0. The van der Waals surface area contributed by atoms with Gasteiger partial charge in [-0.05, 0) is 36.2 Å². The molecule has 148 valence electrons. The molecular formula is C18H20N4O5S. The van der Waals surface area contributed by atoms with Crippen LogP contribution < -0.4 is 10.3 Å². The van der Waals surface area contributed by atoms with E-state index >= 15 is 0 Å². The number of rotatable bonds is 6. The van der Waals surface area contributed by atoms with Crippen molar-refractivity contribution in [2.75, 3.05) is 10.5 Å². The van der Waals surface area contributed by atoms with Gasteiger partial charge in [0.15, 0.2) is 0 Å². The van der Waals surface area contributed by atoms with E-state index in [1.807, 2.05) is 0 Å². The highest BCUT2D eigenvalue weighted by Gasteiger charge is 2.11. The maximum absolute atomic E-state index is 11.7. The third kappa shape index (κ3) is 6.09. The molecule has 0 spiro atoms. The number of anilines is 1. The molecule has 3 rings (SSSR count). The predicted octanol–water partition coefficient (Wildman–Crippen LogP) is 2.30. The zero-order valence-corrected chi connectivity index (χ0v) is 15.9. The SMILES string of the molecule is CCCS(=O)(=O)Nc1ccc(-c2ccc(C(=O)O)c(=O)[nH]2)cc1.c1c[nH]cn1. The summed E-state index contributed by atoms with van der Waals surface area (Å²) < 4.78 is 25.8. The number of imidazole rings is 1. The quantitative estimate of drug-likeness (QED) is 0.496. The molecule has 28 heavy (non-hydrogen) atoms. The van der Waals surface area contributed by atoms with Crippen LogP contribution in [-0.2, 0) is 10.0 Å². The fourth-order valence-corrected chi connectivity index (χ4v) is 3.38. The van der Waals surface area contributed by atoms with Crippen molar-refractivity contribution in [2.45, 2.75) is 13.3 Å². The lowest BCUT2D eigenvalue weighted by Crippen LogP contribution is -2.17. The average Bonchev–Trinajstić information content (AvgIpc) is 3.21. The summed E-state index contributed by atoms with van der Waals surface area (Å²) in [5.74, 6) is -1.25. The maximum Gasteiger partial charge on any atom is 0.341 e. The van der Waals surface area contributed by atoms with E-state index in [0.717, 1.165) is 0 Å². The van der Waals surface area contributed by atoms with E-state index in [9.17, 15) is 18.0 Å². The number of nitrogens with one attached hydrogen (secondary N) is 3. The van der Waals surface area contributed by atoms with E-state index in [1.54, 1.807) is 49.9 Å². The van der Waals surface area contributed by atoms with Gasteiger partial charge in [0, 0.05) is 23.8 Å². The van der Waals surface area contributed by atoms with Crippen LogP contribution in [0.5, 0.6) is 0 Å². The molecule has 0 aliphatic carbocycles. The number of carbonyl (C=O) groups is 1. The molecule has 4 N–H and O–H groups in total. The normalized spacial score (nSPS) is 10.6. The molecule has 0 aliphatic rings. The number of aromatic amines is 2. The number of benzene rings is 1. The van der Waals surface area contributed by atoms with Gasteiger partial charge in [0.1, 0.15) is 5.56 Å². The van der Waals surface area contributed by atoms with Crippen LogP contribution in [0.3, 0.4) is 0 Å². The van der Waals surface area contributed by atoms with Gasteiger partial charge in [-0.2, -0.15) is 0 Å². The van der Waals surface area contributed by atoms with Gasteiger partial charge in [-0.3, -0.25) is 9.52 Å². The van der Waals surface area contributed by atoms with E-state index < -0.39 is 21.6 Å². The number of aromatic nitrogens is 3. The van der Waals surface area contributed by atoms with Crippen molar-refractivity contribution in [1.29, 1.82) is 0 Å². The first-order chi connectivity index (χ1) is 13.3. The Balaban J connectivity index is 0.000000485. The maximum atomic E-state index is 11.7. The fraction of sp³-hybridized carbons (Fsp3) is 0.167. The molecule has 2 aromatic heterocycles. The Bertz CT molecular complexity index is 1040. The Labute approximate surface area is 161 Å². The predicted molar refractivity (Wildman–Crippen MR) is 106 cm³/mol. The molecule has 9 nitrogen and oxygen atoms in total. The van der Waals surface area contributed by atoms with Crippen LogP contribution in [0.15, 0.2) is 59.9 Å². The number of sulfonamides is 1. The van der Waals surface area contributed by atoms with Crippen molar-refractivity contribution in [1.82, 2.24) is 15.0 Å². The number of hydrogen-bond acceptors (Lipinski definition) is 5. The molecule has 0 saturated carbocycles. The van der Waals surface area contributed by atoms with Crippen molar-refractivity contribution < 1.29 is 18.3 Å². The van der Waals surface area contributed by atoms with Gasteiger partial charge < -0.3 is 15.1 Å². The van der Waals surface area contributed by atoms with Gasteiger partial charge in [0.05, 0.1) is 12.1 Å². The summed E-state index contributed by atoms with van der Waals surface area (Å²) in [4.78, 5) is 31.4. The summed E-state index contributed by atoms with van der Waals surface area (Å²) in [6.07, 6.45) is 5.60. The Kier molecular flexibility index (Phi) is 7.10.